The summed E-state index contributed by atoms with van der Waals surface area (Å²) in [6.07, 6.45) is 4.62. The van der Waals surface area contributed by atoms with Crippen LogP contribution in [0, 0.1) is 0 Å². The van der Waals surface area contributed by atoms with Crippen molar-refractivity contribution in [2.24, 2.45) is 0 Å². The van der Waals surface area contributed by atoms with Crippen LogP contribution in [0.25, 0.3) is 0 Å². The van der Waals surface area contributed by atoms with Crippen LogP contribution in [-0.2, 0) is 17.5 Å². The van der Waals surface area contributed by atoms with Crippen molar-refractivity contribution in [1.29, 1.82) is 0 Å². The number of amides is 1. The molecule has 1 aliphatic carbocycles. The number of halogens is 3. The summed E-state index contributed by atoms with van der Waals surface area (Å²) in [5.41, 5.74) is 0.120. The number of fused-ring (bicyclic) bond motifs is 1. The van der Waals surface area contributed by atoms with Crippen molar-refractivity contribution in [2.45, 2.75) is 82.5 Å². The SMILES string of the molecule is C[C@@H]1CC(=O)Nc2ncnc(N3CCC(c4nc(C(F)(F)F)cn4CCNC4CCCC4)CC3)c21. The Morgan fingerprint density at radius 1 is 1.14 bits per heavy atom. The molecule has 3 aliphatic rings. The summed E-state index contributed by atoms with van der Waals surface area (Å²) in [6, 6.07) is 0.471. The molecule has 0 radical (unpaired) electrons. The number of hydrogen-bond donors (Lipinski definition) is 2. The van der Waals surface area contributed by atoms with Gasteiger partial charge in [-0.3, -0.25) is 4.79 Å². The van der Waals surface area contributed by atoms with Gasteiger partial charge in [0.1, 0.15) is 23.8 Å². The van der Waals surface area contributed by atoms with E-state index in [0.29, 0.717) is 63.1 Å². The number of imidazole rings is 1. The van der Waals surface area contributed by atoms with E-state index < -0.39 is 11.9 Å². The second kappa shape index (κ2) is 9.75. The number of carbonyl (C=O) groups is 1. The highest BCUT2D eigenvalue weighted by atomic mass is 19.4. The van der Waals surface area contributed by atoms with Gasteiger partial charge in [-0.15, -0.1) is 0 Å². The topological polar surface area (TPSA) is 88.0 Å². The normalized spacial score (nSPS) is 21.9. The van der Waals surface area contributed by atoms with E-state index in [1.165, 1.54) is 25.4 Å². The van der Waals surface area contributed by atoms with E-state index in [4.69, 9.17) is 0 Å². The molecule has 2 aromatic rings. The van der Waals surface area contributed by atoms with Crippen molar-refractivity contribution in [3.8, 4) is 0 Å². The Kier molecular flexibility index (Phi) is 6.69. The second-order valence-corrected chi connectivity index (χ2v) is 9.99. The van der Waals surface area contributed by atoms with Crippen LogP contribution in [-0.4, -0.2) is 51.1 Å². The van der Waals surface area contributed by atoms with E-state index in [1.54, 1.807) is 4.57 Å². The van der Waals surface area contributed by atoms with E-state index in [1.807, 2.05) is 6.92 Å². The second-order valence-electron chi connectivity index (χ2n) is 9.99. The minimum Gasteiger partial charge on any atom is -0.356 e. The van der Waals surface area contributed by atoms with Gasteiger partial charge in [-0.05, 0) is 31.6 Å². The van der Waals surface area contributed by atoms with E-state index in [-0.39, 0.29) is 17.7 Å². The Balaban J connectivity index is 1.29. The third-order valence-corrected chi connectivity index (χ3v) is 7.50. The zero-order valence-electron chi connectivity index (χ0n) is 19.9. The number of nitrogens with zero attached hydrogens (tertiary/aromatic N) is 5. The first kappa shape index (κ1) is 24.0. The predicted octanol–water partition coefficient (Wildman–Crippen LogP) is 4.05. The van der Waals surface area contributed by atoms with Crippen LogP contribution in [0.5, 0.6) is 0 Å². The van der Waals surface area contributed by atoms with Gasteiger partial charge in [0.2, 0.25) is 5.91 Å². The van der Waals surface area contributed by atoms with Crippen LogP contribution in [0.1, 0.15) is 80.8 Å². The maximum atomic E-state index is 13.5. The average molecular weight is 492 g/mol. The van der Waals surface area contributed by atoms with Crippen molar-refractivity contribution in [1.82, 2.24) is 24.8 Å². The molecule has 4 heterocycles. The molecular formula is C24H32F3N7O. The van der Waals surface area contributed by atoms with Crippen molar-refractivity contribution in [2.75, 3.05) is 29.9 Å². The quantitative estimate of drug-likeness (QED) is 0.634. The molecule has 0 aromatic carbocycles. The fraction of sp³-hybridized carbons (Fsp3) is 0.667. The molecule has 2 aliphatic heterocycles. The van der Waals surface area contributed by atoms with Gasteiger partial charge < -0.3 is 20.1 Å². The van der Waals surface area contributed by atoms with Crippen LogP contribution in [0.4, 0.5) is 24.8 Å². The Morgan fingerprint density at radius 2 is 1.89 bits per heavy atom. The molecule has 190 valence electrons. The lowest BCUT2D eigenvalue weighted by atomic mass is 9.92. The molecule has 1 saturated carbocycles. The van der Waals surface area contributed by atoms with Gasteiger partial charge in [0.15, 0.2) is 5.69 Å². The number of rotatable bonds is 6. The summed E-state index contributed by atoms with van der Waals surface area (Å²) >= 11 is 0. The predicted molar refractivity (Wildman–Crippen MR) is 125 cm³/mol. The van der Waals surface area contributed by atoms with Gasteiger partial charge in [0.25, 0.3) is 0 Å². The highest BCUT2D eigenvalue weighted by Crippen LogP contribution is 2.39. The summed E-state index contributed by atoms with van der Waals surface area (Å²) in [5, 5.41) is 6.32. The van der Waals surface area contributed by atoms with Crippen LogP contribution in [0.3, 0.4) is 0 Å². The lowest BCUT2D eigenvalue weighted by molar-refractivity contribution is -0.141. The first-order chi connectivity index (χ1) is 16.8. The van der Waals surface area contributed by atoms with Gasteiger partial charge in [-0.2, -0.15) is 13.2 Å². The Labute approximate surface area is 202 Å². The number of anilines is 2. The molecule has 2 N–H and O–H groups in total. The molecule has 1 saturated heterocycles. The smallest absolute Gasteiger partial charge is 0.356 e. The van der Waals surface area contributed by atoms with Gasteiger partial charge in [0.05, 0.1) is 0 Å². The summed E-state index contributed by atoms with van der Waals surface area (Å²) < 4.78 is 42.1. The van der Waals surface area contributed by atoms with E-state index in [2.05, 4.69) is 30.5 Å². The summed E-state index contributed by atoms with van der Waals surface area (Å²) in [5.74, 6) is 1.79. The maximum Gasteiger partial charge on any atom is 0.434 e. The fourth-order valence-corrected chi connectivity index (χ4v) is 5.70. The van der Waals surface area contributed by atoms with Gasteiger partial charge in [0, 0.05) is 56.3 Å². The molecule has 5 rings (SSSR count). The molecule has 2 aromatic heterocycles. The van der Waals surface area contributed by atoms with Crippen molar-refractivity contribution in [3.63, 3.8) is 0 Å². The van der Waals surface area contributed by atoms with Crippen molar-refractivity contribution < 1.29 is 18.0 Å². The maximum absolute atomic E-state index is 13.5. The molecule has 11 heteroatoms. The molecule has 2 fully saturated rings. The summed E-state index contributed by atoms with van der Waals surface area (Å²) in [4.78, 5) is 26.9. The zero-order chi connectivity index (χ0) is 24.6. The van der Waals surface area contributed by atoms with Crippen LogP contribution in [0.2, 0.25) is 0 Å². The summed E-state index contributed by atoms with van der Waals surface area (Å²) in [7, 11) is 0. The lowest BCUT2D eigenvalue weighted by Gasteiger charge is -2.35. The van der Waals surface area contributed by atoms with E-state index in [0.717, 1.165) is 24.2 Å². The van der Waals surface area contributed by atoms with Gasteiger partial charge >= 0.3 is 6.18 Å². The number of piperidine rings is 1. The van der Waals surface area contributed by atoms with Crippen LogP contribution < -0.4 is 15.5 Å². The minimum absolute atomic E-state index is 0.00767. The van der Waals surface area contributed by atoms with Gasteiger partial charge in [-0.25, -0.2) is 15.0 Å². The molecular weight excluding hydrogens is 459 g/mol. The number of carbonyl (C=O) groups excluding carboxylic acids is 1. The first-order valence-corrected chi connectivity index (χ1v) is 12.6. The van der Waals surface area contributed by atoms with Crippen LogP contribution in [0.15, 0.2) is 12.5 Å². The zero-order valence-corrected chi connectivity index (χ0v) is 19.9. The molecule has 35 heavy (non-hydrogen) atoms. The Bertz CT molecular complexity index is 1060. The highest BCUT2D eigenvalue weighted by Gasteiger charge is 2.37. The molecule has 0 spiro atoms. The monoisotopic (exact) mass is 491 g/mol. The van der Waals surface area contributed by atoms with Crippen molar-refractivity contribution >= 4 is 17.5 Å². The minimum atomic E-state index is -4.46. The number of hydrogen-bond acceptors (Lipinski definition) is 6. The largest absolute Gasteiger partial charge is 0.434 e. The number of nitrogens with one attached hydrogen (secondary N) is 2. The first-order valence-electron chi connectivity index (χ1n) is 12.6. The van der Waals surface area contributed by atoms with E-state index >= 15 is 0 Å². The molecule has 1 atom stereocenters. The third-order valence-electron chi connectivity index (χ3n) is 7.50. The Hall–Kier alpha value is -2.69. The molecule has 0 unspecified atom stereocenters. The Morgan fingerprint density at radius 3 is 2.60 bits per heavy atom. The summed E-state index contributed by atoms with van der Waals surface area (Å²) in [6.45, 7) is 4.42. The highest BCUT2D eigenvalue weighted by molar-refractivity contribution is 5.94. The van der Waals surface area contributed by atoms with Crippen molar-refractivity contribution in [3.05, 3.63) is 29.6 Å². The number of aromatic nitrogens is 4. The van der Waals surface area contributed by atoms with Crippen LogP contribution >= 0.6 is 0 Å². The molecule has 8 nitrogen and oxygen atoms in total. The number of alkyl halides is 3. The molecule has 1 amide bonds. The lowest BCUT2D eigenvalue weighted by Crippen LogP contribution is -2.36. The van der Waals surface area contributed by atoms with Gasteiger partial charge in [-0.1, -0.05) is 19.8 Å². The third kappa shape index (κ3) is 5.14. The fourth-order valence-electron chi connectivity index (χ4n) is 5.70. The standard InChI is InChI=1S/C24H32F3N7O/c1-15-12-19(35)32-21-20(15)23(30-14-29-21)33-9-6-16(7-10-33)22-31-18(24(25,26)27)13-34(22)11-8-28-17-4-2-3-5-17/h13-17,28H,2-12H2,1H3,(H,29,30,32,35)/t15-/m1/s1. The molecule has 0 bridgehead atoms. The van der Waals surface area contributed by atoms with E-state index in [9.17, 15) is 18.0 Å². The average Bonchev–Trinajstić information content (AvgIpc) is 3.49.